The number of rotatable bonds is 4. The molecule has 5 atom stereocenters. The van der Waals surface area contributed by atoms with Gasteiger partial charge in [-0.05, 0) is 47.7 Å². The van der Waals surface area contributed by atoms with Crippen molar-refractivity contribution < 1.29 is 4.92 Å². The Morgan fingerprint density at radius 1 is 1.06 bits per heavy atom. The molecule has 1 aliphatic carbocycles. The highest BCUT2D eigenvalue weighted by molar-refractivity contribution is 9.10. The fourth-order valence-corrected chi connectivity index (χ4v) is 7.42. The predicted molar refractivity (Wildman–Crippen MR) is 135 cm³/mol. The Labute approximate surface area is 209 Å². The molecular formula is C24H19BrCl2N2O2S. The Balaban J connectivity index is 1.54. The maximum absolute atomic E-state index is 11.5. The second-order valence-corrected chi connectivity index (χ2v) is 11.2. The van der Waals surface area contributed by atoms with Crippen LogP contribution in [0, 0.1) is 16.0 Å². The first kappa shape index (κ1) is 22.1. The molecule has 3 aromatic carbocycles. The minimum Gasteiger partial charge on any atom is -0.376 e. The van der Waals surface area contributed by atoms with E-state index in [9.17, 15) is 10.1 Å². The Kier molecular flexibility index (Phi) is 6.14. The van der Waals surface area contributed by atoms with Gasteiger partial charge < -0.3 is 5.32 Å². The third-order valence-electron chi connectivity index (χ3n) is 6.37. The summed E-state index contributed by atoms with van der Waals surface area (Å²) in [5, 5.41) is 15.8. The summed E-state index contributed by atoms with van der Waals surface area (Å²) in [6.45, 7) is 0. The van der Waals surface area contributed by atoms with Crippen LogP contribution in [0.4, 0.5) is 11.4 Å². The molecule has 0 spiro atoms. The molecule has 0 amide bonds. The molecule has 0 saturated heterocycles. The summed E-state index contributed by atoms with van der Waals surface area (Å²) in [5.41, 5.74) is 3.36. The predicted octanol–water partition coefficient (Wildman–Crippen LogP) is 8.05. The van der Waals surface area contributed by atoms with Gasteiger partial charge in [-0.2, -0.15) is 0 Å². The van der Waals surface area contributed by atoms with Crippen LogP contribution < -0.4 is 5.32 Å². The number of hydrogen-bond acceptors (Lipinski definition) is 4. The number of nitrogens with one attached hydrogen (secondary N) is 1. The fraction of sp³-hybridized carbons (Fsp3) is 0.250. The van der Waals surface area contributed by atoms with Gasteiger partial charge in [0, 0.05) is 21.7 Å². The lowest BCUT2D eigenvalue weighted by Crippen LogP contribution is -2.31. The topological polar surface area (TPSA) is 55.2 Å². The smallest absolute Gasteiger partial charge is 0.282 e. The summed E-state index contributed by atoms with van der Waals surface area (Å²) in [6, 6.07) is 21.2. The van der Waals surface area contributed by atoms with Crippen LogP contribution in [0.1, 0.15) is 29.5 Å². The molecule has 0 bridgehead atoms. The summed E-state index contributed by atoms with van der Waals surface area (Å²) in [6.07, 6.45) is 0.842. The normalized spacial score (nSPS) is 26.2. The van der Waals surface area contributed by atoms with Crippen LogP contribution >= 0.6 is 50.9 Å². The van der Waals surface area contributed by atoms with Crippen molar-refractivity contribution in [3.63, 3.8) is 0 Å². The largest absolute Gasteiger partial charge is 0.376 e. The number of fused-ring (bicyclic) bond motifs is 3. The molecule has 32 heavy (non-hydrogen) atoms. The first-order chi connectivity index (χ1) is 15.4. The SMILES string of the molecule is O=[N+]([O-])c1ccccc1S[C@H]1C[C@@H]2[C@H](c3cccc(Cl)c3N[C@H]2c2ccc(Br)cc2)[C@@H]1Cl. The van der Waals surface area contributed by atoms with Crippen molar-refractivity contribution in [3.8, 4) is 0 Å². The van der Waals surface area contributed by atoms with E-state index in [-0.39, 0.29) is 39.1 Å². The lowest BCUT2D eigenvalue weighted by Gasteiger charge is -2.38. The number of benzene rings is 3. The maximum Gasteiger partial charge on any atom is 0.282 e. The van der Waals surface area contributed by atoms with Crippen LogP contribution in [0.25, 0.3) is 0 Å². The van der Waals surface area contributed by atoms with E-state index < -0.39 is 0 Å². The van der Waals surface area contributed by atoms with Gasteiger partial charge in [-0.15, -0.1) is 23.4 Å². The maximum atomic E-state index is 11.5. The summed E-state index contributed by atoms with van der Waals surface area (Å²) in [7, 11) is 0. The van der Waals surface area contributed by atoms with Gasteiger partial charge in [0.2, 0.25) is 0 Å². The molecule has 1 heterocycles. The molecule has 1 aliphatic heterocycles. The first-order valence-electron chi connectivity index (χ1n) is 10.3. The van der Waals surface area contributed by atoms with Gasteiger partial charge in [0.25, 0.3) is 5.69 Å². The van der Waals surface area contributed by atoms with Crippen molar-refractivity contribution >= 4 is 62.3 Å². The van der Waals surface area contributed by atoms with Gasteiger partial charge in [-0.25, -0.2) is 0 Å². The Bertz CT molecular complexity index is 1180. The molecule has 4 nitrogen and oxygen atoms in total. The van der Waals surface area contributed by atoms with Crippen LogP contribution in [0.15, 0.2) is 76.1 Å². The van der Waals surface area contributed by atoms with Crippen molar-refractivity contribution in [3.05, 3.63) is 97.5 Å². The van der Waals surface area contributed by atoms with Crippen molar-refractivity contribution in [2.24, 2.45) is 5.92 Å². The first-order valence-corrected chi connectivity index (χ1v) is 12.8. The van der Waals surface area contributed by atoms with E-state index in [1.807, 2.05) is 36.4 Å². The highest BCUT2D eigenvalue weighted by Gasteiger charge is 2.50. The zero-order valence-electron chi connectivity index (χ0n) is 16.8. The van der Waals surface area contributed by atoms with Crippen molar-refractivity contribution in [2.75, 3.05) is 5.32 Å². The quantitative estimate of drug-likeness (QED) is 0.203. The van der Waals surface area contributed by atoms with Gasteiger partial charge in [0.05, 0.1) is 31.9 Å². The number of anilines is 1. The lowest BCUT2D eigenvalue weighted by molar-refractivity contribution is -0.387. The van der Waals surface area contributed by atoms with E-state index in [2.05, 4.69) is 39.4 Å². The highest BCUT2D eigenvalue weighted by atomic mass is 79.9. The van der Waals surface area contributed by atoms with E-state index in [4.69, 9.17) is 23.2 Å². The van der Waals surface area contributed by atoms with E-state index >= 15 is 0 Å². The van der Waals surface area contributed by atoms with E-state index in [1.54, 1.807) is 12.1 Å². The summed E-state index contributed by atoms with van der Waals surface area (Å²) >= 11 is 18.7. The van der Waals surface area contributed by atoms with Crippen molar-refractivity contribution in [2.45, 2.75) is 33.9 Å². The molecule has 1 fully saturated rings. The van der Waals surface area contributed by atoms with Crippen molar-refractivity contribution in [1.29, 1.82) is 0 Å². The van der Waals surface area contributed by atoms with Gasteiger partial charge in [0.15, 0.2) is 0 Å². The van der Waals surface area contributed by atoms with Crippen LogP contribution in [0.5, 0.6) is 0 Å². The number of alkyl halides is 1. The lowest BCUT2D eigenvalue weighted by atomic mass is 9.77. The van der Waals surface area contributed by atoms with E-state index in [1.165, 1.54) is 17.3 Å². The van der Waals surface area contributed by atoms with Gasteiger partial charge in [0.1, 0.15) is 0 Å². The second kappa shape index (κ2) is 8.90. The van der Waals surface area contributed by atoms with Crippen LogP contribution in [0.2, 0.25) is 5.02 Å². The highest BCUT2D eigenvalue weighted by Crippen LogP contribution is 2.58. The number of halogens is 3. The Morgan fingerprint density at radius 2 is 1.81 bits per heavy atom. The molecule has 164 valence electrons. The minimum atomic E-state index is -0.325. The second-order valence-electron chi connectivity index (χ2n) is 8.13. The molecule has 0 aromatic heterocycles. The number of para-hydroxylation sites is 2. The molecule has 0 radical (unpaired) electrons. The summed E-state index contributed by atoms with van der Waals surface area (Å²) < 4.78 is 1.03. The number of thioether (sulfide) groups is 1. The Hall–Kier alpha value is -1.73. The molecular weight excluding hydrogens is 531 g/mol. The third kappa shape index (κ3) is 3.92. The third-order valence-corrected chi connectivity index (χ3v) is 9.32. The summed E-state index contributed by atoms with van der Waals surface area (Å²) in [4.78, 5) is 11.9. The molecule has 2 aliphatic rings. The number of hydrogen-bond donors (Lipinski definition) is 1. The molecule has 3 aromatic rings. The molecule has 8 heteroatoms. The molecule has 1 saturated carbocycles. The van der Waals surface area contributed by atoms with E-state index in [0.29, 0.717) is 9.92 Å². The number of nitro groups is 1. The van der Waals surface area contributed by atoms with Crippen molar-refractivity contribution in [1.82, 2.24) is 0 Å². The zero-order chi connectivity index (χ0) is 22.4. The van der Waals surface area contributed by atoms with Gasteiger partial charge in [-0.1, -0.05) is 63.9 Å². The van der Waals surface area contributed by atoms with Crippen LogP contribution in [-0.2, 0) is 0 Å². The Morgan fingerprint density at radius 3 is 2.56 bits per heavy atom. The van der Waals surface area contributed by atoms with Gasteiger partial charge in [-0.3, -0.25) is 10.1 Å². The molecule has 5 rings (SSSR count). The average Bonchev–Trinajstić information content (AvgIpc) is 3.11. The standard InChI is InChI=1S/C24H19BrCl2N2O2S/c25-14-10-8-13(9-11-14)23-16-12-20(32-19-7-2-1-6-18(19)29(30)31)22(27)21(16)15-4-3-5-17(26)24(15)28-23/h1-11,16,20-23,28H,12H2/t16-,20+,21+,22-,23+/m1/s1. The fourth-order valence-electron chi connectivity index (χ4n) is 4.98. The molecule has 0 unspecified atom stereocenters. The summed E-state index contributed by atoms with van der Waals surface area (Å²) in [5.74, 6) is 0.338. The zero-order valence-corrected chi connectivity index (χ0v) is 20.7. The van der Waals surface area contributed by atoms with Gasteiger partial charge >= 0.3 is 0 Å². The monoisotopic (exact) mass is 548 g/mol. The minimum absolute atomic E-state index is 0.0393. The van der Waals surface area contributed by atoms with Crippen LogP contribution in [0.3, 0.4) is 0 Å². The number of nitrogens with zero attached hydrogens (tertiary/aromatic N) is 1. The number of nitro benzene ring substituents is 1. The van der Waals surface area contributed by atoms with E-state index in [0.717, 1.165) is 22.1 Å². The van der Waals surface area contributed by atoms with Crippen LogP contribution in [-0.4, -0.2) is 15.6 Å². The molecule has 1 N–H and O–H groups in total. The average molecular weight is 550 g/mol.